The van der Waals surface area contributed by atoms with Crippen molar-refractivity contribution in [2.24, 2.45) is 0 Å². The van der Waals surface area contributed by atoms with Crippen molar-refractivity contribution in [3.63, 3.8) is 0 Å². The lowest BCUT2D eigenvalue weighted by molar-refractivity contribution is -0.119. The highest BCUT2D eigenvalue weighted by atomic mass is 19.1. The number of carbonyl (C=O) groups excluding carboxylic acids is 2. The fourth-order valence-electron chi connectivity index (χ4n) is 6.28. The summed E-state index contributed by atoms with van der Waals surface area (Å²) in [5, 5.41) is 15.0. The number of anilines is 2. The number of benzene rings is 3. The molecule has 0 saturated carbocycles. The van der Waals surface area contributed by atoms with E-state index in [1.54, 1.807) is 17.0 Å². The number of Topliss-reactive ketones (excluding diaryl/α,β-unsaturated/α-hetero) is 1. The maximum absolute atomic E-state index is 14.3. The maximum Gasteiger partial charge on any atom is 0.227 e. The van der Waals surface area contributed by atoms with Crippen molar-refractivity contribution in [2.45, 2.75) is 90.5 Å². The van der Waals surface area contributed by atoms with Crippen LogP contribution in [-0.4, -0.2) is 16.8 Å². The van der Waals surface area contributed by atoms with Crippen molar-refractivity contribution >= 4 is 23.1 Å². The molecule has 42 heavy (non-hydrogen) atoms. The van der Waals surface area contributed by atoms with Gasteiger partial charge < -0.3 is 10.4 Å². The highest BCUT2D eigenvalue weighted by Gasteiger charge is 2.42. The van der Waals surface area contributed by atoms with Crippen molar-refractivity contribution in [2.75, 3.05) is 10.2 Å². The van der Waals surface area contributed by atoms with E-state index in [0.717, 1.165) is 33.6 Å². The number of halogens is 1. The van der Waals surface area contributed by atoms with Gasteiger partial charge in [0.1, 0.15) is 11.6 Å². The fourth-order valence-corrected chi connectivity index (χ4v) is 6.28. The Hall–Kier alpha value is -3.93. The van der Waals surface area contributed by atoms with Crippen molar-refractivity contribution < 1.29 is 19.1 Å². The molecule has 1 aliphatic heterocycles. The van der Waals surface area contributed by atoms with E-state index in [-0.39, 0.29) is 52.8 Å². The van der Waals surface area contributed by atoms with Gasteiger partial charge in [-0.15, -0.1) is 0 Å². The van der Waals surface area contributed by atoms with Gasteiger partial charge in [-0.2, -0.15) is 0 Å². The van der Waals surface area contributed by atoms with Crippen LogP contribution in [0.3, 0.4) is 0 Å². The molecule has 1 amide bonds. The van der Waals surface area contributed by atoms with E-state index in [9.17, 15) is 19.1 Å². The van der Waals surface area contributed by atoms with Crippen LogP contribution in [0.5, 0.6) is 5.75 Å². The number of nitrogens with one attached hydrogen (secondary N) is 1. The molecule has 0 fully saturated rings. The number of amides is 1. The third kappa shape index (κ3) is 5.35. The van der Waals surface area contributed by atoms with Gasteiger partial charge in [-0.25, -0.2) is 4.39 Å². The fraction of sp³-hybridized carbons (Fsp3) is 0.389. The quantitative estimate of drug-likeness (QED) is 0.333. The van der Waals surface area contributed by atoms with Gasteiger partial charge in [0.05, 0.1) is 17.4 Å². The molecular formula is C36H41FN2O3. The first kappa shape index (κ1) is 29.6. The van der Waals surface area contributed by atoms with E-state index in [4.69, 9.17) is 0 Å². The molecule has 0 aromatic heterocycles. The van der Waals surface area contributed by atoms with Crippen LogP contribution >= 0.6 is 0 Å². The molecule has 3 aromatic rings. The Morgan fingerprint density at radius 2 is 1.52 bits per heavy atom. The van der Waals surface area contributed by atoms with Gasteiger partial charge in [-0.3, -0.25) is 14.5 Å². The van der Waals surface area contributed by atoms with Gasteiger partial charge in [0.2, 0.25) is 5.91 Å². The molecule has 6 heteroatoms. The van der Waals surface area contributed by atoms with Crippen LogP contribution < -0.4 is 10.2 Å². The molecule has 2 unspecified atom stereocenters. The standard InChI is InChI=1S/C36H41FN2O3/c1-8-31(41)39-29-12-10-9-11-27(29)38-28-19-22(21-13-15-24(37)16-14-21)20-30(40)32(28)33(39)23-17-25(35(2,3)4)34(42)26(18-23)36(5,6)7/h9-18,22,33,38,42H,8,19-20H2,1-7H3. The number of rotatable bonds is 3. The molecule has 2 N–H and O–H groups in total. The van der Waals surface area contributed by atoms with Crippen LogP contribution in [0, 0.1) is 5.82 Å². The SMILES string of the molecule is CCC(=O)N1c2ccccc2NC2=C(C(=O)CC(c3ccc(F)cc3)C2)C1c1cc(C(C)(C)C)c(O)c(C(C)(C)C)c1. The molecule has 5 rings (SSSR count). The van der Waals surface area contributed by atoms with E-state index in [2.05, 4.69) is 46.9 Å². The van der Waals surface area contributed by atoms with Gasteiger partial charge in [0, 0.05) is 24.1 Å². The molecule has 1 aliphatic carbocycles. The highest BCUT2D eigenvalue weighted by molar-refractivity contribution is 6.06. The molecule has 2 atom stereocenters. The number of fused-ring (bicyclic) bond motifs is 1. The second-order valence-electron chi connectivity index (χ2n) is 13.6. The topological polar surface area (TPSA) is 69.6 Å². The average Bonchev–Trinajstić information content (AvgIpc) is 3.06. The Morgan fingerprint density at radius 1 is 0.929 bits per heavy atom. The van der Waals surface area contributed by atoms with Gasteiger partial charge >= 0.3 is 0 Å². The minimum absolute atomic E-state index is 0.0486. The lowest BCUT2D eigenvalue weighted by atomic mass is 9.74. The maximum atomic E-state index is 14.3. The number of aromatic hydroxyl groups is 1. The van der Waals surface area contributed by atoms with E-state index in [0.29, 0.717) is 17.7 Å². The molecule has 0 bridgehead atoms. The summed E-state index contributed by atoms with van der Waals surface area (Å²) in [7, 11) is 0. The third-order valence-corrected chi connectivity index (χ3v) is 8.47. The van der Waals surface area contributed by atoms with Crippen LogP contribution in [0.25, 0.3) is 0 Å². The second-order valence-corrected chi connectivity index (χ2v) is 13.6. The lowest BCUT2D eigenvalue weighted by Gasteiger charge is -2.37. The molecule has 2 aliphatic rings. The number of phenols is 1. The first-order chi connectivity index (χ1) is 19.7. The molecule has 1 heterocycles. The Balaban J connectivity index is 1.81. The summed E-state index contributed by atoms with van der Waals surface area (Å²) in [5.74, 6) is -0.333. The predicted octanol–water partition coefficient (Wildman–Crippen LogP) is 8.44. The molecule has 3 aromatic carbocycles. The van der Waals surface area contributed by atoms with E-state index in [1.807, 2.05) is 43.3 Å². The van der Waals surface area contributed by atoms with E-state index >= 15 is 0 Å². The average molecular weight is 569 g/mol. The van der Waals surface area contributed by atoms with Gasteiger partial charge in [0.25, 0.3) is 0 Å². The van der Waals surface area contributed by atoms with Crippen molar-refractivity contribution in [3.8, 4) is 5.75 Å². The molecular weight excluding hydrogens is 527 g/mol. The molecule has 5 nitrogen and oxygen atoms in total. The zero-order valence-corrected chi connectivity index (χ0v) is 25.6. The smallest absolute Gasteiger partial charge is 0.227 e. The Morgan fingerprint density at radius 3 is 2.10 bits per heavy atom. The van der Waals surface area contributed by atoms with Gasteiger partial charge in [-0.1, -0.05) is 72.7 Å². The van der Waals surface area contributed by atoms with Crippen LogP contribution in [0.1, 0.15) is 102 Å². The first-order valence-corrected chi connectivity index (χ1v) is 14.8. The number of hydrogen-bond acceptors (Lipinski definition) is 4. The van der Waals surface area contributed by atoms with E-state index < -0.39 is 6.04 Å². The van der Waals surface area contributed by atoms with Crippen LogP contribution in [0.2, 0.25) is 0 Å². The minimum atomic E-state index is -0.687. The van der Waals surface area contributed by atoms with Crippen LogP contribution in [-0.2, 0) is 20.4 Å². The zero-order chi connectivity index (χ0) is 30.6. The van der Waals surface area contributed by atoms with Crippen molar-refractivity contribution in [3.05, 3.63) is 100 Å². The normalized spacial score (nSPS) is 19.1. The highest BCUT2D eigenvalue weighted by Crippen LogP contribution is 2.50. The number of hydrogen-bond donors (Lipinski definition) is 2. The lowest BCUT2D eigenvalue weighted by Crippen LogP contribution is -2.38. The number of para-hydroxylation sites is 2. The minimum Gasteiger partial charge on any atom is -0.507 e. The Kier molecular flexibility index (Phi) is 7.55. The summed E-state index contributed by atoms with van der Waals surface area (Å²) in [6, 6.07) is 17.3. The molecule has 0 saturated heterocycles. The van der Waals surface area contributed by atoms with Gasteiger partial charge in [0.15, 0.2) is 5.78 Å². The number of ketones is 1. The van der Waals surface area contributed by atoms with Crippen LogP contribution in [0.4, 0.5) is 15.8 Å². The zero-order valence-electron chi connectivity index (χ0n) is 25.6. The van der Waals surface area contributed by atoms with Crippen molar-refractivity contribution in [1.29, 1.82) is 0 Å². The first-order valence-electron chi connectivity index (χ1n) is 14.8. The number of allylic oxidation sites excluding steroid dienone is 1. The number of nitrogens with zero attached hydrogens (tertiary/aromatic N) is 1. The summed E-state index contributed by atoms with van der Waals surface area (Å²) in [5.41, 5.74) is 5.27. The Labute approximate surface area is 248 Å². The molecule has 220 valence electrons. The summed E-state index contributed by atoms with van der Waals surface area (Å²) in [6.45, 7) is 14.2. The summed E-state index contributed by atoms with van der Waals surface area (Å²) >= 11 is 0. The predicted molar refractivity (Wildman–Crippen MR) is 166 cm³/mol. The Bertz CT molecular complexity index is 1540. The molecule has 0 radical (unpaired) electrons. The second kappa shape index (κ2) is 10.7. The number of phenolic OH excluding ortho intramolecular Hbond substituents is 1. The monoisotopic (exact) mass is 568 g/mol. The summed E-state index contributed by atoms with van der Waals surface area (Å²) in [4.78, 5) is 29.9. The third-order valence-electron chi connectivity index (χ3n) is 8.47. The summed E-state index contributed by atoms with van der Waals surface area (Å²) < 4.78 is 13.7. The largest absolute Gasteiger partial charge is 0.507 e. The van der Waals surface area contributed by atoms with Gasteiger partial charge in [-0.05, 0) is 81.8 Å². The summed E-state index contributed by atoms with van der Waals surface area (Å²) in [6.07, 6.45) is 1.06. The van der Waals surface area contributed by atoms with Crippen molar-refractivity contribution in [1.82, 2.24) is 0 Å². The number of carbonyl (C=O) groups is 2. The molecule has 0 spiro atoms. The van der Waals surface area contributed by atoms with E-state index in [1.165, 1.54) is 12.1 Å². The van der Waals surface area contributed by atoms with Crippen LogP contribution in [0.15, 0.2) is 71.9 Å².